The van der Waals surface area contributed by atoms with Gasteiger partial charge in [-0.3, -0.25) is 9.78 Å². The summed E-state index contributed by atoms with van der Waals surface area (Å²) in [6.45, 7) is 0.647. The Labute approximate surface area is 134 Å². The Morgan fingerprint density at radius 3 is 2.80 bits per heavy atom. The Balaban J connectivity index is 1.85. The van der Waals surface area contributed by atoms with E-state index in [1.165, 1.54) is 4.88 Å². The molecule has 0 radical (unpaired) electrons. The summed E-state index contributed by atoms with van der Waals surface area (Å²) in [4.78, 5) is 19.5. The summed E-state index contributed by atoms with van der Waals surface area (Å²) in [7, 11) is 0. The fourth-order valence-corrected chi connectivity index (χ4v) is 5.07. The van der Waals surface area contributed by atoms with E-state index in [0.717, 1.165) is 15.1 Å². The zero-order valence-corrected chi connectivity index (χ0v) is 13.9. The minimum atomic E-state index is 0.126. The van der Waals surface area contributed by atoms with E-state index in [-0.39, 0.29) is 11.3 Å². The number of pyridine rings is 1. The summed E-state index contributed by atoms with van der Waals surface area (Å²) in [5.41, 5.74) is 1.12. The molecule has 6 heteroatoms. The van der Waals surface area contributed by atoms with Crippen molar-refractivity contribution in [3.05, 3.63) is 50.9 Å². The molecule has 0 aliphatic carbocycles. The number of nitrogens with zero attached hydrogens (tertiary/aromatic N) is 2. The Hall–Kier alpha value is -0.850. The summed E-state index contributed by atoms with van der Waals surface area (Å²) >= 11 is 7.04. The van der Waals surface area contributed by atoms with E-state index in [2.05, 4.69) is 27.0 Å². The van der Waals surface area contributed by atoms with Crippen molar-refractivity contribution in [2.24, 2.45) is 0 Å². The van der Waals surface area contributed by atoms with Crippen LogP contribution in [-0.2, 0) is 11.3 Å². The molecule has 3 heterocycles. The third kappa shape index (κ3) is 3.07. The Kier molecular flexibility index (Phi) is 4.43. The van der Waals surface area contributed by atoms with Gasteiger partial charge in [-0.1, -0.05) is 0 Å². The first-order chi connectivity index (χ1) is 9.74. The van der Waals surface area contributed by atoms with Crippen molar-refractivity contribution in [1.29, 1.82) is 0 Å². The number of amides is 1. The first-order valence-electron chi connectivity index (χ1n) is 6.29. The predicted molar refractivity (Wildman–Crippen MR) is 86.6 cm³/mol. The summed E-state index contributed by atoms with van der Waals surface area (Å²) in [5.74, 6) is 1.13. The number of rotatable bonds is 3. The SMILES string of the molecule is O=C1CCSC(c2ccc(Br)s2)N1Cc1ccncc1. The molecule has 1 fully saturated rings. The van der Waals surface area contributed by atoms with Gasteiger partial charge in [0.2, 0.25) is 5.91 Å². The normalized spacial score (nSPS) is 19.4. The van der Waals surface area contributed by atoms with Crippen LogP contribution in [0.3, 0.4) is 0 Å². The lowest BCUT2D eigenvalue weighted by Gasteiger charge is -2.34. The van der Waals surface area contributed by atoms with Crippen molar-refractivity contribution in [3.8, 4) is 0 Å². The fourth-order valence-electron chi connectivity index (χ4n) is 2.17. The Morgan fingerprint density at radius 2 is 2.10 bits per heavy atom. The molecule has 1 aliphatic rings. The molecule has 1 unspecified atom stereocenters. The monoisotopic (exact) mass is 368 g/mol. The van der Waals surface area contributed by atoms with Crippen LogP contribution >= 0.6 is 39.0 Å². The van der Waals surface area contributed by atoms with Crippen LogP contribution < -0.4 is 0 Å². The highest BCUT2D eigenvalue weighted by molar-refractivity contribution is 9.11. The van der Waals surface area contributed by atoms with Crippen LogP contribution in [-0.4, -0.2) is 21.5 Å². The van der Waals surface area contributed by atoms with Gasteiger partial charge in [0, 0.05) is 36.0 Å². The van der Waals surface area contributed by atoms with Crippen molar-refractivity contribution in [2.75, 3.05) is 5.75 Å². The minimum Gasteiger partial charge on any atom is -0.321 e. The molecule has 1 aliphatic heterocycles. The molecule has 0 aromatic carbocycles. The lowest BCUT2D eigenvalue weighted by Crippen LogP contribution is -2.36. The second kappa shape index (κ2) is 6.28. The van der Waals surface area contributed by atoms with Gasteiger partial charge in [0.15, 0.2) is 0 Å². The van der Waals surface area contributed by atoms with Gasteiger partial charge in [-0.15, -0.1) is 23.1 Å². The molecular weight excluding hydrogens is 356 g/mol. The molecule has 20 heavy (non-hydrogen) atoms. The first kappa shape index (κ1) is 14.1. The quantitative estimate of drug-likeness (QED) is 0.818. The second-order valence-electron chi connectivity index (χ2n) is 4.49. The molecule has 2 aromatic rings. The molecule has 0 spiro atoms. The molecule has 2 aromatic heterocycles. The number of halogens is 1. The van der Waals surface area contributed by atoms with Crippen LogP contribution in [0.5, 0.6) is 0 Å². The zero-order valence-electron chi connectivity index (χ0n) is 10.7. The number of hydrogen-bond acceptors (Lipinski definition) is 4. The maximum atomic E-state index is 12.3. The number of thioether (sulfide) groups is 1. The van der Waals surface area contributed by atoms with E-state index in [0.29, 0.717) is 13.0 Å². The topological polar surface area (TPSA) is 33.2 Å². The number of aromatic nitrogens is 1. The third-order valence-electron chi connectivity index (χ3n) is 3.13. The van der Waals surface area contributed by atoms with Crippen LogP contribution in [0.2, 0.25) is 0 Å². The largest absolute Gasteiger partial charge is 0.321 e. The summed E-state index contributed by atoms with van der Waals surface area (Å²) < 4.78 is 1.11. The van der Waals surface area contributed by atoms with Gasteiger partial charge < -0.3 is 4.90 Å². The molecule has 0 bridgehead atoms. The molecule has 1 atom stereocenters. The van der Waals surface area contributed by atoms with E-state index in [1.807, 2.05) is 34.9 Å². The van der Waals surface area contributed by atoms with E-state index in [1.54, 1.807) is 23.7 Å². The molecule has 104 valence electrons. The molecule has 0 N–H and O–H groups in total. The molecule has 3 rings (SSSR count). The van der Waals surface area contributed by atoms with Crippen molar-refractivity contribution in [3.63, 3.8) is 0 Å². The van der Waals surface area contributed by atoms with Crippen LogP contribution in [0.4, 0.5) is 0 Å². The number of carbonyl (C=O) groups excluding carboxylic acids is 1. The number of carbonyl (C=O) groups is 1. The average molecular weight is 369 g/mol. The van der Waals surface area contributed by atoms with Crippen molar-refractivity contribution in [2.45, 2.75) is 18.3 Å². The first-order valence-corrected chi connectivity index (χ1v) is 8.95. The van der Waals surface area contributed by atoms with E-state index >= 15 is 0 Å². The zero-order chi connectivity index (χ0) is 13.9. The van der Waals surface area contributed by atoms with E-state index in [4.69, 9.17) is 0 Å². The van der Waals surface area contributed by atoms with Crippen molar-refractivity contribution >= 4 is 44.9 Å². The van der Waals surface area contributed by atoms with Gasteiger partial charge in [0.1, 0.15) is 5.37 Å². The van der Waals surface area contributed by atoms with Crippen LogP contribution in [0, 0.1) is 0 Å². The lowest BCUT2D eigenvalue weighted by molar-refractivity contribution is -0.132. The molecular formula is C14H13BrN2OS2. The van der Waals surface area contributed by atoms with Crippen LogP contribution in [0.1, 0.15) is 22.2 Å². The summed E-state index contributed by atoms with van der Waals surface area (Å²) in [5, 5.41) is 0.126. The van der Waals surface area contributed by atoms with E-state index < -0.39 is 0 Å². The highest BCUT2D eigenvalue weighted by Crippen LogP contribution is 2.42. The van der Waals surface area contributed by atoms with Gasteiger partial charge in [-0.25, -0.2) is 0 Å². The lowest BCUT2D eigenvalue weighted by atomic mass is 10.2. The number of hydrogen-bond donors (Lipinski definition) is 0. The van der Waals surface area contributed by atoms with Gasteiger partial charge in [-0.05, 0) is 45.8 Å². The highest BCUT2D eigenvalue weighted by Gasteiger charge is 2.30. The molecule has 1 amide bonds. The predicted octanol–water partition coefficient (Wildman–Crippen LogP) is 4.07. The Morgan fingerprint density at radius 1 is 1.30 bits per heavy atom. The Bertz CT molecular complexity index is 602. The fraction of sp³-hybridized carbons (Fsp3) is 0.286. The van der Waals surface area contributed by atoms with Gasteiger partial charge in [0.05, 0.1) is 3.79 Å². The standard InChI is InChI=1S/C14H13BrN2OS2/c15-12-2-1-11(20-12)14-17(13(18)5-8-19-14)9-10-3-6-16-7-4-10/h1-4,6-7,14H,5,8-9H2. The third-order valence-corrected chi connectivity index (χ3v) is 6.22. The van der Waals surface area contributed by atoms with Crippen LogP contribution in [0.25, 0.3) is 0 Å². The van der Waals surface area contributed by atoms with Crippen LogP contribution in [0.15, 0.2) is 40.4 Å². The second-order valence-corrected chi connectivity index (χ2v) is 8.17. The smallest absolute Gasteiger partial charge is 0.224 e. The maximum Gasteiger partial charge on any atom is 0.224 e. The summed E-state index contributed by atoms with van der Waals surface area (Å²) in [6, 6.07) is 8.08. The minimum absolute atomic E-state index is 0.126. The summed E-state index contributed by atoms with van der Waals surface area (Å²) in [6.07, 6.45) is 4.17. The maximum absolute atomic E-state index is 12.3. The molecule has 1 saturated heterocycles. The molecule has 3 nitrogen and oxygen atoms in total. The molecule has 0 saturated carbocycles. The van der Waals surface area contributed by atoms with Crippen molar-refractivity contribution < 1.29 is 4.79 Å². The highest BCUT2D eigenvalue weighted by atomic mass is 79.9. The van der Waals surface area contributed by atoms with Gasteiger partial charge in [-0.2, -0.15) is 0 Å². The van der Waals surface area contributed by atoms with Gasteiger partial charge in [0.25, 0.3) is 0 Å². The number of thiophene rings is 1. The van der Waals surface area contributed by atoms with Gasteiger partial charge >= 0.3 is 0 Å². The van der Waals surface area contributed by atoms with Crippen molar-refractivity contribution in [1.82, 2.24) is 9.88 Å². The van der Waals surface area contributed by atoms with E-state index in [9.17, 15) is 4.79 Å². The average Bonchev–Trinajstić information content (AvgIpc) is 2.89.